The minimum Gasteiger partial charge on any atom is -0.364 e. The van der Waals surface area contributed by atoms with E-state index < -0.39 is 23.4 Å². The van der Waals surface area contributed by atoms with E-state index in [0.717, 1.165) is 11.1 Å². The second-order valence-electron chi connectivity index (χ2n) is 5.91. The number of alkyl halides is 3. The van der Waals surface area contributed by atoms with Gasteiger partial charge in [-0.1, -0.05) is 13.0 Å². The lowest BCUT2D eigenvalue weighted by Crippen LogP contribution is -2.33. The fourth-order valence-electron chi connectivity index (χ4n) is 3.14. The second kappa shape index (κ2) is 6.23. The molecule has 0 saturated carbocycles. The average molecular weight is 357 g/mol. The zero-order valence-electron chi connectivity index (χ0n) is 14.0. The molecule has 1 aliphatic rings. The molecule has 1 unspecified atom stereocenters. The summed E-state index contributed by atoms with van der Waals surface area (Å²) >= 11 is 0. The van der Waals surface area contributed by atoms with E-state index in [1.54, 1.807) is 38.1 Å². The van der Waals surface area contributed by atoms with Crippen LogP contribution in [0.15, 0.2) is 40.9 Å². The fraction of sp³-hybridized carbons (Fsp3) is 0.278. The first-order valence-electron chi connectivity index (χ1n) is 7.85. The van der Waals surface area contributed by atoms with E-state index in [1.165, 1.54) is 0 Å². The molecule has 0 bridgehead atoms. The summed E-state index contributed by atoms with van der Waals surface area (Å²) in [7, 11) is 0. The van der Waals surface area contributed by atoms with Crippen molar-refractivity contribution in [3.63, 3.8) is 0 Å². The first kappa shape index (κ1) is 17.6. The lowest BCUT2D eigenvalue weighted by Gasteiger charge is -2.29. The summed E-state index contributed by atoms with van der Waals surface area (Å²) in [5.74, 6) is -1.07. The molecule has 26 heavy (non-hydrogen) atoms. The van der Waals surface area contributed by atoms with Gasteiger partial charge in [0.05, 0.1) is 29.6 Å². The maximum Gasteiger partial charge on any atom is 0.432 e. The number of fused-ring (bicyclic) bond motifs is 1. The molecule has 2 N–H and O–H groups in total. The van der Waals surface area contributed by atoms with Gasteiger partial charge in [0.1, 0.15) is 5.70 Å². The number of hydrogen-bond acceptors (Lipinski definition) is 3. The zero-order chi connectivity index (χ0) is 19.1. The monoisotopic (exact) mass is 357 g/mol. The van der Waals surface area contributed by atoms with E-state index in [9.17, 15) is 18.4 Å². The summed E-state index contributed by atoms with van der Waals surface area (Å²) < 4.78 is 40.5. The number of aryl methyl sites for hydroxylation is 1. The van der Waals surface area contributed by atoms with E-state index in [4.69, 9.17) is 6.57 Å². The van der Waals surface area contributed by atoms with Gasteiger partial charge < -0.3 is 5.32 Å². The van der Waals surface area contributed by atoms with Crippen LogP contribution in [0.2, 0.25) is 0 Å². The van der Waals surface area contributed by atoms with Gasteiger partial charge >= 0.3 is 6.18 Å². The lowest BCUT2D eigenvalue weighted by molar-refractivity contribution is -0.0970. The molecular weight excluding hydrogens is 343 g/mol. The predicted molar refractivity (Wildman–Crippen MR) is 89.3 cm³/mol. The van der Waals surface area contributed by atoms with Gasteiger partial charge in [-0.25, -0.2) is 4.85 Å². The van der Waals surface area contributed by atoms with Crippen LogP contribution < -0.4 is 5.32 Å². The maximum absolute atomic E-state index is 13.5. The van der Waals surface area contributed by atoms with Crippen LogP contribution in [-0.4, -0.2) is 16.4 Å². The van der Waals surface area contributed by atoms with Crippen LogP contribution in [0.5, 0.6) is 0 Å². The summed E-state index contributed by atoms with van der Waals surface area (Å²) in [4.78, 5) is 3.45. The minimum atomic E-state index is -4.72. The normalized spacial score (nSPS) is 17.9. The highest BCUT2D eigenvalue weighted by molar-refractivity contribution is 5.82. The van der Waals surface area contributed by atoms with Crippen molar-refractivity contribution in [3.05, 3.63) is 63.5 Å². The van der Waals surface area contributed by atoms with Crippen molar-refractivity contribution in [1.82, 2.24) is 15.5 Å². The molecule has 132 valence electrons. The van der Waals surface area contributed by atoms with Crippen LogP contribution in [0.1, 0.15) is 30.5 Å². The first-order chi connectivity index (χ1) is 12.3. The molecule has 0 aliphatic carbocycles. The highest BCUT2D eigenvalue weighted by atomic mass is 19.4. The number of halogens is 3. The van der Waals surface area contributed by atoms with Crippen molar-refractivity contribution in [2.75, 3.05) is 0 Å². The minimum absolute atomic E-state index is 0.109. The Morgan fingerprint density at radius 1 is 1.38 bits per heavy atom. The van der Waals surface area contributed by atoms with Gasteiger partial charge in [0, 0.05) is 16.8 Å². The molecule has 1 aromatic heterocycles. The van der Waals surface area contributed by atoms with Crippen molar-refractivity contribution in [2.45, 2.75) is 32.4 Å². The molecule has 5 nitrogen and oxygen atoms in total. The van der Waals surface area contributed by atoms with Crippen molar-refractivity contribution in [1.29, 1.82) is 5.26 Å². The Labute approximate surface area is 147 Å². The zero-order valence-corrected chi connectivity index (χ0v) is 14.0. The first-order valence-corrected chi connectivity index (χ1v) is 7.85. The number of rotatable bonds is 2. The Bertz CT molecular complexity index is 1030. The van der Waals surface area contributed by atoms with Crippen molar-refractivity contribution < 1.29 is 13.2 Å². The molecule has 0 amide bonds. The molecule has 2 aromatic rings. The van der Waals surface area contributed by atoms with Crippen LogP contribution >= 0.6 is 0 Å². The van der Waals surface area contributed by atoms with Gasteiger partial charge in [-0.15, -0.1) is 0 Å². The summed E-state index contributed by atoms with van der Waals surface area (Å²) in [6, 6.07) is 6.64. The number of hydrogen-bond donors (Lipinski definition) is 2. The number of allylic oxidation sites excluding steroid dienone is 3. The highest BCUT2D eigenvalue weighted by Crippen LogP contribution is 2.43. The number of benzene rings is 1. The van der Waals surface area contributed by atoms with Crippen LogP contribution in [-0.2, 0) is 0 Å². The number of dihydropyridines is 1. The number of nitriles is 1. The summed E-state index contributed by atoms with van der Waals surface area (Å²) in [6.45, 7) is 10.9. The van der Waals surface area contributed by atoms with Crippen molar-refractivity contribution in [3.8, 4) is 6.07 Å². The van der Waals surface area contributed by atoms with Gasteiger partial charge in [-0.05, 0) is 31.0 Å². The quantitative estimate of drug-likeness (QED) is 0.781. The van der Waals surface area contributed by atoms with E-state index in [-0.39, 0.29) is 17.8 Å². The third kappa shape index (κ3) is 2.70. The standard InChI is InChI=1S/C18H14F3N5/c1-4-13-16(23-3)15(12(8-22)17(24-13)18(19,20)21)10-5-6-14-11(7-10)9(2)25-26-14/h5-7,15,24H,4H2,1-2H3,(H,25,26). The van der Waals surface area contributed by atoms with Crippen molar-refractivity contribution in [2.24, 2.45) is 0 Å². The Morgan fingerprint density at radius 2 is 2.12 bits per heavy atom. The number of nitrogens with zero attached hydrogens (tertiary/aromatic N) is 3. The average Bonchev–Trinajstić information content (AvgIpc) is 2.99. The highest BCUT2D eigenvalue weighted by Gasteiger charge is 2.43. The van der Waals surface area contributed by atoms with E-state index in [2.05, 4.69) is 20.4 Å². The SMILES string of the molecule is [C-]#[N+]C1=C(CC)NC(C(F)(F)F)=C(C#N)C1c1ccc2n[nH]c(C)c2c1. The van der Waals surface area contributed by atoms with Gasteiger partial charge in [-0.2, -0.15) is 23.5 Å². The van der Waals surface area contributed by atoms with Gasteiger partial charge in [0.25, 0.3) is 0 Å². The summed E-state index contributed by atoms with van der Waals surface area (Å²) in [5.41, 5.74) is 0.581. The van der Waals surface area contributed by atoms with E-state index in [1.807, 2.05) is 0 Å². The molecule has 0 fully saturated rings. The number of nitrogens with one attached hydrogen (secondary N) is 2. The van der Waals surface area contributed by atoms with Crippen molar-refractivity contribution >= 4 is 10.9 Å². The number of H-pyrrole nitrogens is 1. The smallest absolute Gasteiger partial charge is 0.364 e. The van der Waals surface area contributed by atoms with Gasteiger partial charge in [0.15, 0.2) is 5.70 Å². The topological polar surface area (TPSA) is 68.9 Å². The van der Waals surface area contributed by atoms with E-state index in [0.29, 0.717) is 11.1 Å². The third-order valence-corrected chi connectivity index (χ3v) is 4.40. The summed E-state index contributed by atoms with van der Waals surface area (Å²) in [6.07, 6.45) is -4.49. The third-order valence-electron chi connectivity index (χ3n) is 4.40. The number of aromatic nitrogens is 2. The van der Waals surface area contributed by atoms with Gasteiger partial charge in [-0.3, -0.25) is 5.10 Å². The van der Waals surface area contributed by atoms with Crippen LogP contribution in [0.25, 0.3) is 15.7 Å². The number of aromatic amines is 1. The largest absolute Gasteiger partial charge is 0.432 e. The maximum atomic E-state index is 13.5. The van der Waals surface area contributed by atoms with E-state index >= 15 is 0 Å². The molecule has 0 saturated heterocycles. The van der Waals surface area contributed by atoms with Crippen LogP contribution in [0.4, 0.5) is 13.2 Å². The Balaban J connectivity index is 2.30. The van der Waals surface area contributed by atoms with Gasteiger partial charge in [0.2, 0.25) is 0 Å². The fourth-order valence-corrected chi connectivity index (χ4v) is 3.14. The lowest BCUT2D eigenvalue weighted by atomic mass is 9.83. The Morgan fingerprint density at radius 3 is 2.69 bits per heavy atom. The molecule has 8 heteroatoms. The molecular formula is C18H14F3N5. The molecule has 0 spiro atoms. The predicted octanol–water partition coefficient (Wildman–Crippen LogP) is 4.44. The Hall–Kier alpha value is -3.26. The Kier molecular flexibility index (Phi) is 4.21. The molecule has 2 heterocycles. The second-order valence-corrected chi connectivity index (χ2v) is 5.91. The molecule has 1 atom stereocenters. The van der Waals surface area contributed by atoms with Crippen LogP contribution in [0, 0.1) is 24.8 Å². The molecule has 0 radical (unpaired) electrons. The molecule has 3 rings (SSSR count). The molecule has 1 aliphatic heterocycles. The molecule has 1 aromatic carbocycles. The summed E-state index contributed by atoms with van der Waals surface area (Å²) in [5, 5.41) is 19.4. The van der Waals surface area contributed by atoms with Crippen LogP contribution in [0.3, 0.4) is 0 Å².